The molecule has 0 radical (unpaired) electrons. The van der Waals surface area contributed by atoms with Crippen molar-refractivity contribution in [1.82, 2.24) is 14.8 Å². The molecule has 3 aromatic rings. The van der Waals surface area contributed by atoms with Crippen molar-refractivity contribution >= 4 is 11.7 Å². The number of rotatable bonds is 5. The van der Waals surface area contributed by atoms with Crippen LogP contribution in [-0.4, -0.2) is 41.9 Å². The van der Waals surface area contributed by atoms with Gasteiger partial charge in [-0.15, -0.1) is 5.10 Å². The van der Waals surface area contributed by atoms with Gasteiger partial charge in [-0.2, -0.15) is 18.2 Å². The third kappa shape index (κ3) is 3.94. The quantitative estimate of drug-likeness (QED) is 0.542. The number of allylic oxidation sites excluding steroid dienone is 2. The summed E-state index contributed by atoms with van der Waals surface area (Å²) in [5, 5.41) is 6.69. The molecule has 8 nitrogen and oxygen atoms in total. The van der Waals surface area contributed by atoms with E-state index < -0.39 is 18.0 Å². The van der Waals surface area contributed by atoms with Gasteiger partial charge < -0.3 is 19.5 Å². The van der Waals surface area contributed by atoms with Crippen LogP contribution in [0.4, 0.5) is 19.1 Å². The van der Waals surface area contributed by atoms with Crippen LogP contribution in [0.2, 0.25) is 0 Å². The molecule has 0 unspecified atom stereocenters. The van der Waals surface area contributed by atoms with E-state index in [2.05, 4.69) is 15.4 Å². The predicted octanol–water partition coefficient (Wildman–Crippen LogP) is 4.74. The summed E-state index contributed by atoms with van der Waals surface area (Å²) < 4.78 is 57.8. The van der Waals surface area contributed by atoms with Crippen molar-refractivity contribution in [3.8, 4) is 17.2 Å². The van der Waals surface area contributed by atoms with E-state index in [1.54, 1.807) is 42.5 Å². The summed E-state index contributed by atoms with van der Waals surface area (Å²) in [7, 11) is 4.51. The number of hydrogen-bond acceptors (Lipinski definition) is 7. The summed E-state index contributed by atoms with van der Waals surface area (Å²) in [6.45, 7) is 0. The number of benzene rings is 2. The molecule has 1 N–H and O–H groups in total. The molecule has 0 saturated carbocycles. The van der Waals surface area contributed by atoms with Crippen molar-refractivity contribution in [3.63, 3.8) is 0 Å². The number of hydrogen-bond donors (Lipinski definition) is 1. The van der Waals surface area contributed by atoms with Crippen molar-refractivity contribution < 1.29 is 32.2 Å². The molecule has 0 bridgehead atoms. The molecule has 1 aromatic heterocycles. The standard InChI is InChI=1S/C25H23F3N4O4/c1-34-18-11-15(12-19(35-2)22(18)36-3)14-9-16-20(17(33)10-14)21(13-7-5-4-6-8-13)32-24(29-16)30-23(31-32)25(26,27)28/h4-8,11-12,14,21H,9-10H2,1-3H3,(H,29,30,31)/t14-,21+/m1/s1. The topological polar surface area (TPSA) is 87.5 Å². The van der Waals surface area contributed by atoms with Crippen molar-refractivity contribution in [3.05, 3.63) is 70.7 Å². The molecule has 0 fully saturated rings. The highest BCUT2D eigenvalue weighted by molar-refractivity contribution is 6.00. The van der Waals surface area contributed by atoms with Crippen molar-refractivity contribution in [2.45, 2.75) is 31.0 Å². The minimum Gasteiger partial charge on any atom is -0.493 e. The van der Waals surface area contributed by atoms with E-state index in [1.165, 1.54) is 21.3 Å². The number of carbonyl (C=O) groups excluding carboxylic acids is 1. The van der Waals surface area contributed by atoms with Crippen LogP contribution in [0.3, 0.4) is 0 Å². The van der Waals surface area contributed by atoms with E-state index in [4.69, 9.17) is 14.2 Å². The van der Waals surface area contributed by atoms with Gasteiger partial charge in [0.15, 0.2) is 17.3 Å². The lowest BCUT2D eigenvalue weighted by atomic mass is 9.78. The number of ether oxygens (including phenoxy) is 3. The molecular formula is C25H23F3N4O4. The Hall–Kier alpha value is -4.02. The number of methoxy groups -OCH3 is 3. The summed E-state index contributed by atoms with van der Waals surface area (Å²) in [5.41, 5.74) is 2.33. The number of nitrogens with zero attached hydrogens (tertiary/aromatic N) is 3. The minimum absolute atomic E-state index is 0.0618. The lowest BCUT2D eigenvalue weighted by molar-refractivity contribution is -0.145. The van der Waals surface area contributed by atoms with Crippen LogP contribution in [-0.2, 0) is 11.0 Å². The highest BCUT2D eigenvalue weighted by Gasteiger charge is 2.43. The number of alkyl halides is 3. The zero-order valence-electron chi connectivity index (χ0n) is 19.7. The van der Waals surface area contributed by atoms with E-state index in [0.29, 0.717) is 40.5 Å². The van der Waals surface area contributed by atoms with Crippen molar-refractivity contribution in [1.29, 1.82) is 0 Å². The summed E-state index contributed by atoms with van der Waals surface area (Å²) in [6.07, 6.45) is -4.20. The predicted molar refractivity (Wildman–Crippen MR) is 123 cm³/mol. The molecule has 1 aliphatic heterocycles. The number of halogens is 3. The first-order chi connectivity index (χ1) is 17.2. The third-order valence-corrected chi connectivity index (χ3v) is 6.45. The van der Waals surface area contributed by atoms with Crippen LogP contribution >= 0.6 is 0 Å². The summed E-state index contributed by atoms with van der Waals surface area (Å²) in [4.78, 5) is 17.3. The van der Waals surface area contributed by atoms with Gasteiger partial charge in [-0.05, 0) is 35.6 Å². The Kier molecular flexibility index (Phi) is 5.85. The molecule has 36 heavy (non-hydrogen) atoms. The Morgan fingerprint density at radius 1 is 0.972 bits per heavy atom. The van der Waals surface area contributed by atoms with Gasteiger partial charge in [0.05, 0.1) is 21.3 Å². The second-order valence-electron chi connectivity index (χ2n) is 8.52. The van der Waals surface area contributed by atoms with E-state index in [0.717, 1.165) is 10.2 Å². The minimum atomic E-state index is -4.73. The van der Waals surface area contributed by atoms with Gasteiger partial charge in [-0.25, -0.2) is 4.68 Å². The van der Waals surface area contributed by atoms with Crippen LogP contribution in [0.25, 0.3) is 0 Å². The van der Waals surface area contributed by atoms with Gasteiger partial charge in [0, 0.05) is 17.7 Å². The first kappa shape index (κ1) is 23.7. The van der Waals surface area contributed by atoms with Crippen LogP contribution in [0.5, 0.6) is 17.2 Å². The molecule has 2 aromatic carbocycles. The van der Waals surface area contributed by atoms with Gasteiger partial charge in [0.25, 0.3) is 5.82 Å². The fraction of sp³-hybridized carbons (Fsp3) is 0.320. The molecule has 0 saturated heterocycles. The van der Waals surface area contributed by atoms with Crippen LogP contribution in [0, 0.1) is 0 Å². The van der Waals surface area contributed by atoms with Crippen molar-refractivity contribution in [2.75, 3.05) is 26.6 Å². The molecule has 2 aliphatic rings. The maximum absolute atomic E-state index is 13.6. The second-order valence-corrected chi connectivity index (χ2v) is 8.52. The molecule has 11 heteroatoms. The van der Waals surface area contributed by atoms with Crippen molar-refractivity contribution in [2.24, 2.45) is 0 Å². The zero-order chi connectivity index (χ0) is 25.6. The number of Topliss-reactive ketones (excluding diaryl/α,β-unsaturated/α-hetero) is 1. The van der Waals surface area contributed by atoms with Crippen LogP contribution in [0.1, 0.15) is 41.8 Å². The summed E-state index contributed by atoms with van der Waals surface area (Å²) in [5.74, 6) is -0.456. The number of fused-ring (bicyclic) bond motifs is 1. The van der Waals surface area contributed by atoms with Gasteiger partial charge in [-0.3, -0.25) is 4.79 Å². The molecule has 0 amide bonds. The SMILES string of the molecule is COc1cc([C@H]2CC(=O)C3=C(C2)Nc2nc(C(F)(F)F)nn2[C@H]3c2ccccc2)cc(OC)c1OC. The smallest absolute Gasteiger partial charge is 0.453 e. The van der Waals surface area contributed by atoms with Gasteiger partial charge >= 0.3 is 6.18 Å². The fourth-order valence-electron chi connectivity index (χ4n) is 4.85. The maximum Gasteiger partial charge on any atom is 0.453 e. The van der Waals surface area contributed by atoms with E-state index in [1.807, 2.05) is 0 Å². The third-order valence-electron chi connectivity index (χ3n) is 6.45. The molecule has 2 atom stereocenters. The van der Waals surface area contributed by atoms with E-state index >= 15 is 0 Å². The lowest BCUT2D eigenvalue weighted by Gasteiger charge is -2.35. The van der Waals surface area contributed by atoms with Crippen LogP contribution in [0.15, 0.2) is 53.7 Å². The Bertz CT molecular complexity index is 1330. The average molecular weight is 500 g/mol. The van der Waals surface area contributed by atoms with Gasteiger partial charge in [0.2, 0.25) is 11.7 Å². The molecule has 5 rings (SSSR count). The molecule has 188 valence electrons. The highest BCUT2D eigenvalue weighted by atomic mass is 19.4. The maximum atomic E-state index is 13.6. The van der Waals surface area contributed by atoms with Gasteiger partial charge in [0.1, 0.15) is 6.04 Å². The van der Waals surface area contributed by atoms with E-state index in [-0.39, 0.29) is 24.1 Å². The average Bonchev–Trinajstić information content (AvgIpc) is 3.31. The Balaban J connectivity index is 1.60. The zero-order valence-corrected chi connectivity index (χ0v) is 19.7. The summed E-state index contributed by atoms with van der Waals surface area (Å²) in [6, 6.07) is 11.6. The Morgan fingerprint density at radius 2 is 1.64 bits per heavy atom. The Labute approximate surface area is 204 Å². The number of nitrogens with one attached hydrogen (secondary N) is 1. The number of carbonyl (C=O) groups is 1. The molecule has 1 aliphatic carbocycles. The lowest BCUT2D eigenvalue weighted by Crippen LogP contribution is -2.33. The molecule has 0 spiro atoms. The second kappa shape index (κ2) is 8.89. The first-order valence-electron chi connectivity index (χ1n) is 11.2. The normalized spacial score (nSPS) is 19.3. The van der Waals surface area contributed by atoms with E-state index in [9.17, 15) is 18.0 Å². The Morgan fingerprint density at radius 3 is 2.22 bits per heavy atom. The monoisotopic (exact) mass is 500 g/mol. The highest BCUT2D eigenvalue weighted by Crippen LogP contribution is 2.47. The molecule has 2 heterocycles. The number of anilines is 1. The fourth-order valence-corrected chi connectivity index (χ4v) is 4.85. The van der Waals surface area contributed by atoms with Crippen LogP contribution < -0.4 is 19.5 Å². The largest absolute Gasteiger partial charge is 0.493 e. The number of aromatic nitrogens is 3. The summed E-state index contributed by atoms with van der Waals surface area (Å²) >= 11 is 0. The molecular weight excluding hydrogens is 477 g/mol. The number of ketones is 1. The first-order valence-corrected chi connectivity index (χ1v) is 11.2. The van der Waals surface area contributed by atoms with Gasteiger partial charge in [-0.1, -0.05) is 30.3 Å².